The second-order valence-corrected chi connectivity index (χ2v) is 7.16. The zero-order valence-corrected chi connectivity index (χ0v) is 21.4. The Hall–Kier alpha value is -2.71. The average molecular weight is 525 g/mol. The van der Waals surface area contributed by atoms with Crippen molar-refractivity contribution in [2.45, 2.75) is 34.6 Å². The van der Waals surface area contributed by atoms with E-state index in [1.54, 1.807) is 58.9 Å². The van der Waals surface area contributed by atoms with E-state index in [0.717, 1.165) is 0 Å². The van der Waals surface area contributed by atoms with Gasteiger partial charge in [0.25, 0.3) is 0 Å². The molecule has 1 radical (unpaired) electrons. The van der Waals surface area contributed by atoms with Gasteiger partial charge in [-0.15, -0.1) is 12.1 Å². The van der Waals surface area contributed by atoms with Crippen LogP contribution in [0.2, 0.25) is 0 Å². The molecule has 0 fully saturated rings. The largest absolute Gasteiger partial charge is 3.00 e. The van der Waals surface area contributed by atoms with Crippen LogP contribution in [0.25, 0.3) is 11.4 Å². The van der Waals surface area contributed by atoms with Gasteiger partial charge in [0, 0.05) is 69.1 Å². The SMILES string of the molecule is Cc1ccc(C)n1-c1c(F)[c-]c(F)cc1F.Cc1ccc(C)n1-c1c(F)[c-]c(F)cc1F.[CH2-]C.[Ti+3]. The number of aromatic nitrogens is 2. The molecule has 0 spiro atoms. The number of halogens is 6. The molecular weight excluding hydrogens is 502 g/mol. The van der Waals surface area contributed by atoms with Gasteiger partial charge in [-0.25, -0.2) is 26.3 Å². The Balaban J connectivity index is 0.000000318. The van der Waals surface area contributed by atoms with E-state index in [4.69, 9.17) is 0 Å². The first-order chi connectivity index (χ1) is 16.0. The first kappa shape index (κ1) is 30.3. The summed E-state index contributed by atoms with van der Waals surface area (Å²) in [4.78, 5) is 0. The summed E-state index contributed by atoms with van der Waals surface area (Å²) < 4.78 is 82.2. The second kappa shape index (κ2) is 12.8. The Morgan fingerprint density at radius 3 is 1.06 bits per heavy atom. The van der Waals surface area contributed by atoms with Crippen LogP contribution in [0.1, 0.15) is 29.7 Å². The van der Waals surface area contributed by atoms with Crippen LogP contribution in [0.3, 0.4) is 0 Å². The van der Waals surface area contributed by atoms with Gasteiger partial charge in [0.1, 0.15) is 0 Å². The summed E-state index contributed by atoms with van der Waals surface area (Å²) in [6.45, 7) is 11.9. The molecule has 4 aromatic rings. The number of aryl methyl sites for hydroxylation is 4. The van der Waals surface area contributed by atoms with Gasteiger partial charge in [-0.3, -0.25) is 0 Å². The standard InChI is InChI=1S/2C12H9F3N.C2H5.Ti/c2*1-7-3-4-8(2)16(7)12-10(14)5-9(13)6-11(12)15;1-2;/h2*3-5H,1-2H3;1H2,2H3;/q3*-1;+3. The predicted octanol–water partition coefficient (Wildman–Crippen LogP) is 7.46. The van der Waals surface area contributed by atoms with Gasteiger partial charge in [0.05, 0.1) is 0 Å². The summed E-state index contributed by atoms with van der Waals surface area (Å²) in [5.41, 5.74) is 2.12. The topological polar surface area (TPSA) is 9.86 Å². The molecule has 0 amide bonds. The van der Waals surface area contributed by atoms with E-state index < -0.39 is 34.9 Å². The average Bonchev–Trinajstić information content (AvgIpc) is 3.25. The first-order valence-corrected chi connectivity index (χ1v) is 10.2. The van der Waals surface area contributed by atoms with E-state index in [-0.39, 0.29) is 33.1 Å². The summed E-state index contributed by atoms with van der Waals surface area (Å²) in [5.74, 6) is -6.01. The Morgan fingerprint density at radius 1 is 0.571 bits per heavy atom. The molecule has 2 heterocycles. The molecule has 9 heteroatoms. The normalized spacial score (nSPS) is 10.1. The third kappa shape index (κ3) is 6.70. The monoisotopic (exact) mass is 525 g/mol. The minimum Gasteiger partial charge on any atom is -0.367 e. The molecule has 2 aromatic carbocycles. The van der Waals surface area contributed by atoms with Gasteiger partial charge >= 0.3 is 21.7 Å². The quantitative estimate of drug-likeness (QED) is 0.146. The van der Waals surface area contributed by atoms with Crippen molar-refractivity contribution in [3.63, 3.8) is 0 Å². The number of nitrogens with zero attached hydrogens (tertiary/aromatic N) is 2. The van der Waals surface area contributed by atoms with Gasteiger partial charge in [0.2, 0.25) is 0 Å². The molecule has 0 saturated heterocycles. The summed E-state index contributed by atoms with van der Waals surface area (Å²) in [5, 5.41) is 0. The molecule has 0 aliphatic rings. The van der Waals surface area contributed by atoms with E-state index in [1.165, 1.54) is 9.13 Å². The molecule has 35 heavy (non-hydrogen) atoms. The molecule has 0 unspecified atom stereocenters. The van der Waals surface area contributed by atoms with E-state index in [9.17, 15) is 26.3 Å². The van der Waals surface area contributed by atoms with Crippen LogP contribution in [-0.4, -0.2) is 9.13 Å². The van der Waals surface area contributed by atoms with Gasteiger partial charge in [-0.05, 0) is 52.0 Å². The Morgan fingerprint density at radius 2 is 0.829 bits per heavy atom. The molecule has 0 bridgehead atoms. The molecule has 0 atom stereocenters. The third-order valence-electron chi connectivity index (χ3n) is 4.82. The van der Waals surface area contributed by atoms with Crippen molar-refractivity contribution >= 4 is 0 Å². The summed E-state index contributed by atoms with van der Waals surface area (Å²) >= 11 is 0. The van der Waals surface area contributed by atoms with Crippen LogP contribution >= 0.6 is 0 Å². The summed E-state index contributed by atoms with van der Waals surface area (Å²) in [6.07, 6.45) is 0. The molecule has 0 N–H and O–H groups in total. The van der Waals surface area contributed by atoms with E-state index in [2.05, 4.69) is 6.92 Å². The Bertz CT molecular complexity index is 1110. The van der Waals surface area contributed by atoms with Crippen LogP contribution in [0.15, 0.2) is 36.4 Å². The maximum absolute atomic E-state index is 13.5. The van der Waals surface area contributed by atoms with Crippen molar-refractivity contribution in [1.29, 1.82) is 0 Å². The molecule has 0 aliphatic heterocycles. The molecule has 2 nitrogen and oxygen atoms in total. The minimum absolute atomic E-state index is 0. The fourth-order valence-electron chi connectivity index (χ4n) is 3.42. The van der Waals surface area contributed by atoms with Crippen molar-refractivity contribution < 1.29 is 48.1 Å². The van der Waals surface area contributed by atoms with Crippen LogP contribution in [0.4, 0.5) is 26.3 Å². The molecule has 0 saturated carbocycles. The Kier molecular flexibility index (Phi) is 11.1. The molecule has 4 rings (SSSR count). The van der Waals surface area contributed by atoms with Gasteiger partial charge in [0.15, 0.2) is 0 Å². The first-order valence-electron chi connectivity index (χ1n) is 10.2. The number of hydrogen-bond acceptors (Lipinski definition) is 0. The maximum atomic E-state index is 13.5. The van der Waals surface area contributed by atoms with Crippen molar-refractivity contribution in [3.05, 3.63) is 113 Å². The minimum atomic E-state index is -1.04. The van der Waals surface area contributed by atoms with E-state index >= 15 is 0 Å². The molecule has 0 aliphatic carbocycles. The van der Waals surface area contributed by atoms with Crippen molar-refractivity contribution in [2.24, 2.45) is 0 Å². The maximum Gasteiger partial charge on any atom is 3.00 e. The summed E-state index contributed by atoms with van der Waals surface area (Å²) in [6, 6.07) is 11.8. The van der Waals surface area contributed by atoms with Gasteiger partial charge < -0.3 is 16.1 Å². The van der Waals surface area contributed by atoms with Crippen molar-refractivity contribution in [3.8, 4) is 11.4 Å². The fraction of sp³-hybridized carbons (Fsp3) is 0.192. The van der Waals surface area contributed by atoms with Crippen LogP contribution in [0.5, 0.6) is 0 Å². The molecular formula is C26H23F6N2Ti. The van der Waals surface area contributed by atoms with Crippen molar-refractivity contribution in [1.82, 2.24) is 9.13 Å². The predicted molar refractivity (Wildman–Crippen MR) is 119 cm³/mol. The van der Waals surface area contributed by atoms with Gasteiger partial charge in [-0.2, -0.15) is 6.92 Å². The number of benzene rings is 2. The van der Waals surface area contributed by atoms with Crippen molar-refractivity contribution in [2.75, 3.05) is 0 Å². The molecule has 183 valence electrons. The Labute approximate surface area is 216 Å². The zero-order valence-electron chi connectivity index (χ0n) is 19.8. The molecule has 2 aromatic heterocycles. The van der Waals surface area contributed by atoms with Crippen LogP contribution in [0, 0.1) is 81.7 Å². The third-order valence-corrected chi connectivity index (χ3v) is 4.82. The zero-order chi connectivity index (χ0) is 25.7. The van der Waals surface area contributed by atoms with E-state index in [0.29, 0.717) is 34.9 Å². The van der Waals surface area contributed by atoms with Crippen LogP contribution in [-0.2, 0) is 21.7 Å². The number of hydrogen-bond donors (Lipinski definition) is 0. The smallest absolute Gasteiger partial charge is 0.367 e. The van der Waals surface area contributed by atoms with E-state index in [1.807, 2.05) is 12.1 Å². The summed E-state index contributed by atoms with van der Waals surface area (Å²) in [7, 11) is 0. The fourth-order valence-corrected chi connectivity index (χ4v) is 3.42. The van der Waals surface area contributed by atoms with Gasteiger partial charge in [-0.1, -0.05) is 12.1 Å². The van der Waals surface area contributed by atoms with Crippen LogP contribution < -0.4 is 0 Å². The second-order valence-electron chi connectivity index (χ2n) is 7.16. The number of rotatable bonds is 2.